The lowest BCUT2D eigenvalue weighted by atomic mass is 9.86. The number of fused-ring (bicyclic) bond motifs is 14. The van der Waals surface area contributed by atoms with Crippen molar-refractivity contribution in [3.63, 3.8) is 0 Å². The van der Waals surface area contributed by atoms with Crippen LogP contribution in [0.4, 0.5) is 0 Å². The van der Waals surface area contributed by atoms with Crippen LogP contribution in [0.25, 0.3) is 22.8 Å². The van der Waals surface area contributed by atoms with Crippen molar-refractivity contribution in [3.8, 4) is 22.8 Å². The Morgan fingerprint density at radius 3 is 1.05 bits per heavy atom. The van der Waals surface area contributed by atoms with Crippen molar-refractivity contribution < 1.29 is 4.42 Å². The summed E-state index contributed by atoms with van der Waals surface area (Å²) in [6.07, 6.45) is 0. The number of aromatic amines is 4. The van der Waals surface area contributed by atoms with Gasteiger partial charge in [-0.3, -0.25) is 0 Å². The third-order valence-electron chi connectivity index (χ3n) is 9.69. The Labute approximate surface area is 251 Å². The number of thiophene rings is 1. The van der Waals surface area contributed by atoms with Crippen LogP contribution < -0.4 is 0 Å². The molecule has 0 amide bonds. The summed E-state index contributed by atoms with van der Waals surface area (Å²) >= 11 is 1.90. The number of H-pyrrole nitrogens is 4. The molecule has 1 aliphatic heterocycles. The average molecular weight is 577 g/mol. The van der Waals surface area contributed by atoms with E-state index in [0.717, 1.165) is 45.7 Å². The Bertz CT molecular complexity index is 1630. The molecule has 12 bridgehead atoms. The third-order valence-corrected chi connectivity index (χ3v) is 11.4. The highest BCUT2D eigenvalue weighted by Gasteiger charge is 2.35. The summed E-state index contributed by atoms with van der Waals surface area (Å²) in [5.74, 6) is 1.87. The van der Waals surface area contributed by atoms with Crippen LogP contribution >= 0.6 is 11.3 Å². The minimum Gasteiger partial charge on any atom is -0.464 e. The molecule has 7 heterocycles. The molecule has 1 aliphatic rings. The first-order chi connectivity index (χ1) is 19.8. The SMILES string of the molecule is CC1(C)c2ccc([nH]2)-c2ccc([nH]2)C(C)(C)c2ccc(s2)C(C)(C)c2ccc([nH]2)-c2ccc([nH]2)C(C)(C)c2ccc1o2. The van der Waals surface area contributed by atoms with Gasteiger partial charge in [-0.1, -0.05) is 0 Å². The van der Waals surface area contributed by atoms with Gasteiger partial charge in [-0.2, -0.15) is 0 Å². The lowest BCUT2D eigenvalue weighted by molar-refractivity contribution is 0.359. The van der Waals surface area contributed by atoms with E-state index in [4.69, 9.17) is 4.42 Å². The van der Waals surface area contributed by atoms with Gasteiger partial charge in [-0.15, -0.1) is 11.3 Å². The fraction of sp³-hybridized carbons (Fsp3) is 0.333. The van der Waals surface area contributed by atoms with Crippen molar-refractivity contribution in [1.82, 2.24) is 19.9 Å². The summed E-state index contributed by atoms with van der Waals surface area (Å²) in [6.45, 7) is 18.1. The van der Waals surface area contributed by atoms with Gasteiger partial charge in [0.1, 0.15) is 11.5 Å². The van der Waals surface area contributed by atoms with Crippen LogP contribution in [0.1, 0.15) is 99.4 Å². The Morgan fingerprint density at radius 2 is 0.714 bits per heavy atom. The molecule has 6 aromatic heterocycles. The lowest BCUT2D eigenvalue weighted by Crippen LogP contribution is -2.20. The van der Waals surface area contributed by atoms with Crippen molar-refractivity contribution in [3.05, 3.63) is 117 Å². The maximum atomic E-state index is 6.63. The van der Waals surface area contributed by atoms with Gasteiger partial charge < -0.3 is 24.4 Å². The molecule has 216 valence electrons. The molecule has 0 spiro atoms. The smallest absolute Gasteiger partial charge is 0.115 e. The summed E-state index contributed by atoms with van der Waals surface area (Å²) in [5.41, 5.74) is 7.95. The van der Waals surface area contributed by atoms with E-state index in [1.165, 1.54) is 21.1 Å². The van der Waals surface area contributed by atoms with E-state index in [-0.39, 0.29) is 21.7 Å². The van der Waals surface area contributed by atoms with Crippen LogP contribution in [-0.2, 0) is 21.7 Å². The molecule has 6 aromatic rings. The maximum absolute atomic E-state index is 6.63. The first-order valence-corrected chi connectivity index (χ1v) is 15.6. The van der Waals surface area contributed by atoms with Crippen molar-refractivity contribution in [2.75, 3.05) is 0 Å². The molecule has 0 fully saturated rings. The van der Waals surface area contributed by atoms with Crippen molar-refractivity contribution in [2.45, 2.75) is 77.0 Å². The predicted octanol–water partition coefficient (Wildman–Crippen LogP) is 9.60. The predicted molar refractivity (Wildman–Crippen MR) is 173 cm³/mol. The second-order valence-corrected chi connectivity index (χ2v) is 15.1. The fourth-order valence-corrected chi connectivity index (χ4v) is 7.46. The molecule has 0 atom stereocenters. The Morgan fingerprint density at radius 1 is 0.405 bits per heavy atom. The normalized spacial score (nSPS) is 18.3. The summed E-state index contributed by atoms with van der Waals surface area (Å²) < 4.78 is 6.63. The van der Waals surface area contributed by atoms with E-state index in [0.29, 0.717) is 0 Å². The van der Waals surface area contributed by atoms with Gasteiger partial charge in [-0.25, -0.2) is 0 Å². The molecule has 5 nitrogen and oxygen atoms in total. The molecule has 0 aliphatic carbocycles. The quantitative estimate of drug-likeness (QED) is 0.143. The second kappa shape index (κ2) is 8.81. The molecule has 42 heavy (non-hydrogen) atoms. The van der Waals surface area contributed by atoms with Crippen LogP contribution in [0.15, 0.2) is 77.2 Å². The van der Waals surface area contributed by atoms with E-state index in [2.05, 4.69) is 148 Å². The van der Waals surface area contributed by atoms with Crippen molar-refractivity contribution >= 4 is 11.3 Å². The summed E-state index contributed by atoms with van der Waals surface area (Å²) in [7, 11) is 0. The zero-order valence-corrected chi connectivity index (χ0v) is 26.6. The monoisotopic (exact) mass is 576 g/mol. The van der Waals surface area contributed by atoms with Gasteiger partial charge in [0.05, 0.1) is 33.6 Å². The van der Waals surface area contributed by atoms with Crippen molar-refractivity contribution in [1.29, 1.82) is 0 Å². The number of hydrogen-bond acceptors (Lipinski definition) is 2. The molecular weight excluding hydrogens is 536 g/mol. The standard InChI is InChI=1S/C36H40N4OS/c1-33(2)25-13-9-21(37-25)23-11-15-27(39-23)35(5,6)31-19-20-32(42-31)36(7,8)28-16-12-24(40-28)22-10-14-26(38-22)34(3,4)30-18-17-29(33)41-30/h9-20,37-40H,1-8H3. The molecule has 0 radical (unpaired) electrons. The number of hydrogen-bond donors (Lipinski definition) is 4. The van der Waals surface area contributed by atoms with E-state index in [9.17, 15) is 0 Å². The molecule has 0 unspecified atom stereocenters. The molecule has 0 saturated carbocycles. The largest absolute Gasteiger partial charge is 0.464 e. The van der Waals surface area contributed by atoms with Crippen molar-refractivity contribution in [2.24, 2.45) is 0 Å². The zero-order valence-electron chi connectivity index (χ0n) is 25.7. The highest BCUT2D eigenvalue weighted by molar-refractivity contribution is 7.12. The van der Waals surface area contributed by atoms with Gasteiger partial charge in [0.15, 0.2) is 0 Å². The maximum Gasteiger partial charge on any atom is 0.115 e. The van der Waals surface area contributed by atoms with Gasteiger partial charge in [0.25, 0.3) is 0 Å². The van der Waals surface area contributed by atoms with Gasteiger partial charge >= 0.3 is 0 Å². The van der Waals surface area contributed by atoms with Gasteiger partial charge in [0.2, 0.25) is 0 Å². The zero-order chi connectivity index (χ0) is 29.7. The minimum absolute atomic E-state index is 0.165. The topological polar surface area (TPSA) is 76.3 Å². The second-order valence-electron chi connectivity index (χ2n) is 14.0. The highest BCUT2D eigenvalue weighted by Crippen LogP contribution is 2.43. The van der Waals surface area contributed by atoms with E-state index in [1.807, 2.05) is 11.3 Å². The lowest BCUT2D eigenvalue weighted by Gasteiger charge is -2.25. The molecule has 0 saturated heterocycles. The number of nitrogens with one attached hydrogen (secondary N) is 4. The van der Waals surface area contributed by atoms with E-state index >= 15 is 0 Å². The van der Waals surface area contributed by atoms with E-state index < -0.39 is 0 Å². The number of rotatable bonds is 0. The molecule has 4 N–H and O–H groups in total. The fourth-order valence-electron chi connectivity index (χ4n) is 6.22. The highest BCUT2D eigenvalue weighted by atomic mass is 32.1. The van der Waals surface area contributed by atoms with Crippen LogP contribution in [0.2, 0.25) is 0 Å². The Balaban J connectivity index is 1.39. The minimum atomic E-state index is -0.333. The van der Waals surface area contributed by atoms with Crippen LogP contribution in [0.3, 0.4) is 0 Å². The van der Waals surface area contributed by atoms with Gasteiger partial charge in [0, 0.05) is 43.4 Å². The number of aromatic nitrogens is 4. The molecule has 0 aromatic carbocycles. The summed E-state index contributed by atoms with van der Waals surface area (Å²) in [6, 6.07) is 26.4. The van der Waals surface area contributed by atoms with Crippen LogP contribution in [-0.4, -0.2) is 19.9 Å². The molecule has 7 rings (SSSR count). The molecular formula is C36H40N4OS. The molecule has 6 heteroatoms. The van der Waals surface area contributed by atoms with Crippen LogP contribution in [0.5, 0.6) is 0 Å². The van der Waals surface area contributed by atoms with Gasteiger partial charge in [-0.05, 0) is 128 Å². The Hall–Kier alpha value is -3.90. The van der Waals surface area contributed by atoms with Crippen LogP contribution in [0, 0.1) is 0 Å². The van der Waals surface area contributed by atoms with E-state index in [1.54, 1.807) is 0 Å². The number of furan rings is 1. The first-order valence-electron chi connectivity index (χ1n) is 14.8. The Kier molecular flexibility index (Phi) is 5.65. The average Bonchev–Trinajstić information content (AvgIpc) is 3.80. The third kappa shape index (κ3) is 3.95. The summed E-state index contributed by atoms with van der Waals surface area (Å²) in [4.78, 5) is 17.5. The first kappa shape index (κ1) is 27.0. The summed E-state index contributed by atoms with van der Waals surface area (Å²) in [5, 5.41) is 0.